The van der Waals surface area contributed by atoms with Gasteiger partial charge in [-0.1, -0.05) is 64.7 Å². The van der Waals surface area contributed by atoms with Crippen LogP contribution in [-0.4, -0.2) is 11.6 Å². The van der Waals surface area contributed by atoms with Crippen molar-refractivity contribution in [1.29, 1.82) is 0 Å². The van der Waals surface area contributed by atoms with Crippen LogP contribution in [0.3, 0.4) is 0 Å². The third-order valence-electron chi connectivity index (χ3n) is 4.57. The lowest BCUT2D eigenvalue weighted by Crippen LogP contribution is -2.36. The van der Waals surface area contributed by atoms with Gasteiger partial charge in [-0.2, -0.15) is 0 Å². The number of hydrazine groups is 1. The van der Waals surface area contributed by atoms with Gasteiger partial charge in [0.1, 0.15) is 0 Å². The maximum absolute atomic E-state index is 3.46. The van der Waals surface area contributed by atoms with Gasteiger partial charge in [0.25, 0.3) is 0 Å². The molecule has 0 unspecified atom stereocenters. The van der Waals surface area contributed by atoms with Crippen LogP contribution in [0.1, 0.15) is 91.9 Å². The van der Waals surface area contributed by atoms with Gasteiger partial charge in [-0.15, -0.1) is 0 Å². The van der Waals surface area contributed by atoms with Crippen LogP contribution in [-0.2, 0) is 0 Å². The highest BCUT2D eigenvalue weighted by molar-refractivity contribution is 5.32. The first-order valence-corrected chi connectivity index (χ1v) is 9.04. The first-order chi connectivity index (χ1) is 10.1. The Hall–Kier alpha value is -0.920. The van der Waals surface area contributed by atoms with E-state index in [2.05, 4.69) is 44.3 Å². The van der Waals surface area contributed by atoms with Crippen LogP contribution in [0, 0.1) is 0 Å². The van der Waals surface area contributed by atoms with Gasteiger partial charge in [-0.05, 0) is 38.3 Å². The number of nitrogens with one attached hydrogen (secondary N) is 1. The average Bonchev–Trinajstić information content (AvgIpc) is 2.46. The van der Waals surface area contributed by atoms with Gasteiger partial charge in [0.15, 0.2) is 0 Å². The van der Waals surface area contributed by atoms with E-state index in [9.17, 15) is 0 Å². The highest BCUT2D eigenvalue weighted by atomic mass is 15.5. The first kappa shape index (κ1) is 18.1. The van der Waals surface area contributed by atoms with E-state index in [1.54, 1.807) is 0 Å². The van der Waals surface area contributed by atoms with Crippen LogP contribution in [0.25, 0.3) is 0 Å². The highest BCUT2D eigenvalue weighted by Gasteiger charge is 2.10. The minimum atomic E-state index is 1.12. The molecular formula is C19H36N2. The zero-order valence-corrected chi connectivity index (χ0v) is 14.8. The molecular weight excluding hydrogens is 256 g/mol. The molecule has 0 aromatic heterocycles. The second-order valence-corrected chi connectivity index (χ2v) is 6.55. The number of nitrogens with zero attached hydrogens (tertiary/aromatic N) is 1. The molecule has 0 aliphatic carbocycles. The van der Waals surface area contributed by atoms with Crippen molar-refractivity contribution in [3.05, 3.63) is 23.0 Å². The Labute approximate surface area is 132 Å². The second kappa shape index (κ2) is 10.8. The van der Waals surface area contributed by atoms with Gasteiger partial charge in [0.05, 0.1) is 0 Å². The normalized spacial score (nSPS) is 15.2. The molecule has 2 nitrogen and oxygen atoms in total. The maximum Gasteiger partial charge on any atom is 0.0387 e. The van der Waals surface area contributed by atoms with Crippen molar-refractivity contribution in [1.82, 2.24) is 10.4 Å². The molecule has 0 aromatic rings. The largest absolute Gasteiger partial charge is 0.303 e. The van der Waals surface area contributed by atoms with Crippen molar-refractivity contribution in [2.45, 2.75) is 91.9 Å². The van der Waals surface area contributed by atoms with Crippen molar-refractivity contribution in [2.24, 2.45) is 0 Å². The van der Waals surface area contributed by atoms with Crippen LogP contribution in [0.4, 0.5) is 0 Å². The molecule has 0 amide bonds. The molecule has 0 spiro atoms. The number of hydrogen-bond donors (Lipinski definition) is 1. The quantitative estimate of drug-likeness (QED) is 0.475. The number of allylic oxidation sites excluding steroid dienone is 3. The lowest BCUT2D eigenvalue weighted by atomic mass is 10.1. The summed E-state index contributed by atoms with van der Waals surface area (Å²) in [7, 11) is 0. The summed E-state index contributed by atoms with van der Waals surface area (Å²) in [4.78, 5) is 0. The molecule has 0 saturated carbocycles. The summed E-state index contributed by atoms with van der Waals surface area (Å²) in [5.41, 5.74) is 7.53. The highest BCUT2D eigenvalue weighted by Crippen LogP contribution is 2.18. The van der Waals surface area contributed by atoms with Crippen LogP contribution in [0.15, 0.2) is 23.0 Å². The molecule has 0 radical (unpaired) electrons. The molecule has 0 bridgehead atoms. The van der Waals surface area contributed by atoms with Gasteiger partial charge in [-0.3, -0.25) is 5.01 Å². The van der Waals surface area contributed by atoms with E-state index < -0.39 is 0 Å². The van der Waals surface area contributed by atoms with Crippen LogP contribution in [0.5, 0.6) is 0 Å². The molecule has 1 rings (SSSR count). The zero-order chi connectivity index (χ0) is 15.5. The van der Waals surface area contributed by atoms with Gasteiger partial charge in [0, 0.05) is 18.4 Å². The lowest BCUT2D eigenvalue weighted by Gasteiger charge is -2.29. The number of rotatable bonds is 11. The molecule has 0 fully saturated rings. The summed E-state index contributed by atoms with van der Waals surface area (Å²) < 4.78 is 0. The van der Waals surface area contributed by atoms with Gasteiger partial charge in [-0.25, -0.2) is 0 Å². The summed E-state index contributed by atoms with van der Waals surface area (Å²) >= 11 is 0. The Balaban J connectivity index is 1.96. The van der Waals surface area contributed by atoms with Crippen LogP contribution < -0.4 is 5.43 Å². The molecule has 122 valence electrons. The molecule has 0 atom stereocenters. The monoisotopic (exact) mass is 292 g/mol. The van der Waals surface area contributed by atoms with E-state index in [4.69, 9.17) is 0 Å². The van der Waals surface area contributed by atoms with Gasteiger partial charge < -0.3 is 5.43 Å². The first-order valence-electron chi connectivity index (χ1n) is 9.04. The zero-order valence-electron chi connectivity index (χ0n) is 14.8. The molecule has 1 aliphatic heterocycles. The van der Waals surface area contributed by atoms with E-state index in [1.165, 1.54) is 81.1 Å². The fourth-order valence-electron chi connectivity index (χ4n) is 2.85. The van der Waals surface area contributed by atoms with Crippen molar-refractivity contribution in [3.63, 3.8) is 0 Å². The van der Waals surface area contributed by atoms with Crippen LogP contribution in [0.2, 0.25) is 0 Å². The average molecular weight is 293 g/mol. The summed E-state index contributed by atoms with van der Waals surface area (Å²) in [6, 6.07) is 0. The van der Waals surface area contributed by atoms with Gasteiger partial charge in [0.2, 0.25) is 0 Å². The molecule has 2 heteroatoms. The lowest BCUT2D eigenvalue weighted by molar-refractivity contribution is 0.285. The Kier molecular flexibility index (Phi) is 9.29. The fraction of sp³-hybridized carbons (Fsp3) is 0.789. The molecule has 1 aliphatic rings. The Morgan fingerprint density at radius 1 is 0.810 bits per heavy atom. The molecule has 0 saturated heterocycles. The van der Waals surface area contributed by atoms with E-state index in [0.29, 0.717) is 0 Å². The molecule has 1 N–H and O–H groups in total. The SMILES string of the molecule is CCCCCCCCCCCCN1C=C(C)C(C)=C(C)N1. The van der Waals surface area contributed by atoms with Crippen molar-refractivity contribution < 1.29 is 0 Å². The summed E-state index contributed by atoms with van der Waals surface area (Å²) in [6.45, 7) is 9.96. The summed E-state index contributed by atoms with van der Waals surface area (Å²) in [5.74, 6) is 0. The smallest absolute Gasteiger partial charge is 0.0387 e. The van der Waals surface area contributed by atoms with Gasteiger partial charge >= 0.3 is 0 Å². The minimum Gasteiger partial charge on any atom is -0.303 e. The van der Waals surface area contributed by atoms with E-state index >= 15 is 0 Å². The Morgan fingerprint density at radius 3 is 1.86 bits per heavy atom. The molecule has 21 heavy (non-hydrogen) atoms. The second-order valence-electron chi connectivity index (χ2n) is 6.55. The summed E-state index contributed by atoms with van der Waals surface area (Å²) in [5, 5.41) is 2.25. The molecule has 1 heterocycles. The Morgan fingerprint density at radius 2 is 1.33 bits per heavy atom. The maximum atomic E-state index is 3.46. The van der Waals surface area contributed by atoms with E-state index in [-0.39, 0.29) is 0 Å². The Bertz CT molecular complexity index is 341. The third kappa shape index (κ3) is 7.59. The summed E-state index contributed by atoms with van der Waals surface area (Å²) in [6.07, 6.45) is 16.3. The van der Waals surface area contributed by atoms with Crippen molar-refractivity contribution >= 4 is 0 Å². The van der Waals surface area contributed by atoms with Crippen molar-refractivity contribution in [2.75, 3.05) is 6.54 Å². The van der Waals surface area contributed by atoms with Crippen LogP contribution >= 0.6 is 0 Å². The topological polar surface area (TPSA) is 15.3 Å². The van der Waals surface area contributed by atoms with Crippen molar-refractivity contribution in [3.8, 4) is 0 Å². The van der Waals surface area contributed by atoms with E-state index in [1.807, 2.05) is 0 Å². The molecule has 0 aromatic carbocycles. The minimum absolute atomic E-state index is 1.12. The number of hydrogen-bond acceptors (Lipinski definition) is 2. The predicted octanol–water partition coefficient (Wildman–Crippen LogP) is 5.93. The standard InChI is InChI=1S/C19H36N2/c1-5-6-7-8-9-10-11-12-13-14-15-21-16-17(2)18(3)19(4)20-21/h16,20H,5-15H2,1-4H3. The third-order valence-corrected chi connectivity index (χ3v) is 4.57. The van der Waals surface area contributed by atoms with E-state index in [0.717, 1.165) is 6.54 Å². The number of unbranched alkanes of at least 4 members (excludes halogenated alkanes) is 9. The predicted molar refractivity (Wildman–Crippen MR) is 93.8 cm³/mol. The fourth-order valence-corrected chi connectivity index (χ4v) is 2.85.